The third kappa shape index (κ3) is 1.32. The highest BCUT2D eigenvalue weighted by Gasteiger charge is 2.17. The van der Waals surface area contributed by atoms with Gasteiger partial charge in [-0.05, 0) is 35.8 Å². The zero-order chi connectivity index (χ0) is 10.3. The molecule has 0 saturated carbocycles. The number of furan rings is 1. The number of rotatable bonds is 1. The number of aryl methyl sites for hydroxylation is 1. The van der Waals surface area contributed by atoms with Crippen LogP contribution in [0, 0.1) is 13.3 Å². The van der Waals surface area contributed by atoms with Crippen LogP contribution >= 0.6 is 0 Å². The lowest BCUT2D eigenvalue weighted by molar-refractivity contribution is 0.552. The first kappa shape index (κ1) is 8.54. The summed E-state index contributed by atoms with van der Waals surface area (Å²) in [5.74, 6) is 0.978. The first-order valence-electron chi connectivity index (χ1n) is 5.04. The van der Waals surface area contributed by atoms with Gasteiger partial charge in [-0.1, -0.05) is 24.3 Å². The molecule has 0 saturated heterocycles. The largest absolute Gasteiger partial charge is 0.464 e. The van der Waals surface area contributed by atoms with Crippen LogP contribution in [0.1, 0.15) is 22.5 Å². The van der Waals surface area contributed by atoms with Crippen molar-refractivity contribution in [2.75, 3.05) is 0 Å². The van der Waals surface area contributed by atoms with Crippen LogP contribution in [0.3, 0.4) is 0 Å². The third-order valence-corrected chi connectivity index (χ3v) is 2.74. The monoisotopic (exact) mass is 195 g/mol. The maximum absolute atomic E-state index is 5.48. The van der Waals surface area contributed by atoms with Crippen molar-refractivity contribution in [2.24, 2.45) is 0 Å². The Balaban J connectivity index is 2.05. The molecule has 1 aliphatic rings. The molecule has 0 N–H and O–H groups in total. The summed E-state index contributed by atoms with van der Waals surface area (Å²) >= 11 is 0. The number of hydrogen-bond acceptors (Lipinski definition) is 1. The normalized spacial score (nSPS) is 13.8. The second kappa shape index (κ2) is 3.13. The van der Waals surface area contributed by atoms with Gasteiger partial charge in [0.15, 0.2) is 0 Å². The minimum Gasteiger partial charge on any atom is -0.464 e. The van der Waals surface area contributed by atoms with Crippen LogP contribution in [0.25, 0.3) is 11.6 Å². The fourth-order valence-electron chi connectivity index (χ4n) is 1.95. The Bertz CT molecular complexity index is 532. The summed E-state index contributed by atoms with van der Waals surface area (Å²) in [5.41, 5.74) is 4.88. The molecule has 0 bridgehead atoms. The minimum absolute atomic E-state index is 0.978. The van der Waals surface area contributed by atoms with E-state index in [0.29, 0.717) is 0 Å². The highest BCUT2D eigenvalue weighted by atomic mass is 16.3. The van der Waals surface area contributed by atoms with Gasteiger partial charge >= 0.3 is 0 Å². The van der Waals surface area contributed by atoms with Gasteiger partial charge in [-0.15, -0.1) is 0 Å². The van der Waals surface area contributed by atoms with Crippen LogP contribution in [-0.2, 0) is 0 Å². The topological polar surface area (TPSA) is 13.1 Å². The maximum Gasteiger partial charge on any atom is 0.133 e. The molecule has 73 valence electrons. The van der Waals surface area contributed by atoms with Gasteiger partial charge in [0.2, 0.25) is 0 Å². The summed E-state index contributed by atoms with van der Waals surface area (Å²) in [6.45, 7) is 2.07. The lowest BCUT2D eigenvalue weighted by Gasteiger charge is -1.98. The number of fused-ring (bicyclic) bond motifs is 1. The van der Waals surface area contributed by atoms with E-state index < -0.39 is 0 Å². The predicted octanol–water partition coefficient (Wildman–Crippen LogP) is 3.69. The molecule has 0 unspecified atom stereocenters. The van der Waals surface area contributed by atoms with Crippen molar-refractivity contribution in [3.05, 3.63) is 65.5 Å². The van der Waals surface area contributed by atoms with Crippen LogP contribution < -0.4 is 0 Å². The molecule has 0 fully saturated rings. The second-order valence-electron chi connectivity index (χ2n) is 3.81. The zero-order valence-electron chi connectivity index (χ0n) is 8.53. The van der Waals surface area contributed by atoms with Gasteiger partial charge in [-0.25, -0.2) is 0 Å². The first-order valence-corrected chi connectivity index (χ1v) is 5.04. The van der Waals surface area contributed by atoms with E-state index in [1.807, 2.05) is 6.07 Å². The third-order valence-electron chi connectivity index (χ3n) is 2.74. The molecule has 0 aliphatic heterocycles. The maximum atomic E-state index is 5.48. The average Bonchev–Trinajstić information content (AvgIpc) is 2.82. The molecule has 0 spiro atoms. The van der Waals surface area contributed by atoms with Gasteiger partial charge < -0.3 is 4.42 Å². The van der Waals surface area contributed by atoms with Gasteiger partial charge in [-0.3, -0.25) is 0 Å². The van der Waals surface area contributed by atoms with E-state index in [0.717, 1.165) is 5.76 Å². The molecule has 1 radical (unpaired) electrons. The summed E-state index contributed by atoms with van der Waals surface area (Å²) in [6, 6.07) is 10.4. The Morgan fingerprint density at radius 1 is 1.00 bits per heavy atom. The van der Waals surface area contributed by atoms with Gasteiger partial charge in [-0.2, -0.15) is 0 Å². The van der Waals surface area contributed by atoms with Crippen molar-refractivity contribution in [1.29, 1.82) is 0 Å². The van der Waals surface area contributed by atoms with E-state index in [4.69, 9.17) is 4.42 Å². The quantitative estimate of drug-likeness (QED) is 0.676. The molecule has 2 aromatic rings. The zero-order valence-corrected chi connectivity index (χ0v) is 8.53. The minimum atomic E-state index is 0.978. The van der Waals surface area contributed by atoms with E-state index in [-0.39, 0.29) is 0 Å². The molecule has 0 atom stereocenters. The predicted molar refractivity (Wildman–Crippen MR) is 61.2 cm³/mol. The Hall–Kier alpha value is -1.76. The van der Waals surface area contributed by atoms with Crippen molar-refractivity contribution >= 4 is 11.6 Å². The van der Waals surface area contributed by atoms with Gasteiger partial charge in [0.05, 0.1) is 6.26 Å². The smallest absolute Gasteiger partial charge is 0.133 e. The Kier molecular flexibility index (Phi) is 1.78. The summed E-state index contributed by atoms with van der Waals surface area (Å²) in [6.07, 6.45) is 6.07. The number of benzene rings is 1. The number of allylic oxidation sites excluding steroid dienone is 1. The Morgan fingerprint density at radius 3 is 2.47 bits per heavy atom. The van der Waals surface area contributed by atoms with Crippen LogP contribution in [-0.4, -0.2) is 0 Å². The van der Waals surface area contributed by atoms with Crippen molar-refractivity contribution in [3.63, 3.8) is 0 Å². The van der Waals surface area contributed by atoms with E-state index in [2.05, 4.69) is 43.7 Å². The average molecular weight is 195 g/mol. The molecule has 1 aromatic heterocycles. The molecular formula is C14H11O. The van der Waals surface area contributed by atoms with E-state index >= 15 is 0 Å². The van der Waals surface area contributed by atoms with Crippen molar-refractivity contribution in [2.45, 2.75) is 6.92 Å². The van der Waals surface area contributed by atoms with Crippen LogP contribution in [0.5, 0.6) is 0 Å². The summed E-state index contributed by atoms with van der Waals surface area (Å²) in [5, 5.41) is 0. The van der Waals surface area contributed by atoms with Crippen molar-refractivity contribution in [1.82, 2.24) is 0 Å². The first-order chi connectivity index (χ1) is 7.34. The molecule has 1 nitrogen and oxygen atoms in total. The molecular weight excluding hydrogens is 184 g/mol. The molecule has 1 heterocycles. The van der Waals surface area contributed by atoms with Crippen LogP contribution in [0.4, 0.5) is 0 Å². The molecule has 1 aromatic carbocycles. The van der Waals surface area contributed by atoms with E-state index in [1.165, 1.54) is 22.3 Å². The molecule has 3 rings (SSSR count). The summed E-state index contributed by atoms with van der Waals surface area (Å²) in [4.78, 5) is 0. The molecule has 15 heavy (non-hydrogen) atoms. The van der Waals surface area contributed by atoms with E-state index in [9.17, 15) is 0 Å². The van der Waals surface area contributed by atoms with Crippen LogP contribution in [0.15, 0.2) is 41.0 Å². The number of hydrogen-bond donors (Lipinski definition) is 0. The SMILES string of the molecule is Cc1ccoc1C1=Cc2ccccc2[CH]1. The standard InChI is InChI=1S/C14H11O/c1-10-6-7-15-14(10)13-8-11-4-2-3-5-12(11)9-13/h2-9H,1H3. The lowest BCUT2D eigenvalue weighted by Crippen LogP contribution is -1.82. The molecule has 1 aliphatic carbocycles. The van der Waals surface area contributed by atoms with Crippen molar-refractivity contribution < 1.29 is 4.42 Å². The van der Waals surface area contributed by atoms with Gasteiger partial charge in [0.1, 0.15) is 5.76 Å². The molecule has 1 heteroatoms. The van der Waals surface area contributed by atoms with E-state index in [1.54, 1.807) is 6.26 Å². The highest BCUT2D eigenvalue weighted by molar-refractivity contribution is 5.93. The highest BCUT2D eigenvalue weighted by Crippen LogP contribution is 2.34. The fourth-order valence-corrected chi connectivity index (χ4v) is 1.95. The molecule has 0 amide bonds. The van der Waals surface area contributed by atoms with Gasteiger partial charge in [0.25, 0.3) is 0 Å². The van der Waals surface area contributed by atoms with Crippen LogP contribution in [0.2, 0.25) is 0 Å². The fraction of sp³-hybridized carbons (Fsp3) is 0.0714. The Labute approximate surface area is 89.0 Å². The second-order valence-corrected chi connectivity index (χ2v) is 3.81. The van der Waals surface area contributed by atoms with Gasteiger partial charge in [0, 0.05) is 12.0 Å². The lowest BCUT2D eigenvalue weighted by atomic mass is 10.1. The summed E-state index contributed by atoms with van der Waals surface area (Å²) < 4.78 is 5.48. The van der Waals surface area contributed by atoms with Crippen molar-refractivity contribution in [3.8, 4) is 0 Å². The Morgan fingerprint density at radius 2 is 1.80 bits per heavy atom. The summed E-state index contributed by atoms with van der Waals surface area (Å²) in [7, 11) is 0.